The summed E-state index contributed by atoms with van der Waals surface area (Å²) in [5.41, 5.74) is 12.0. The zero-order chi connectivity index (χ0) is 8.97. The molecule has 12 heavy (non-hydrogen) atoms. The van der Waals surface area contributed by atoms with Crippen molar-refractivity contribution in [2.75, 3.05) is 13.7 Å². The van der Waals surface area contributed by atoms with Gasteiger partial charge in [0.05, 0.1) is 7.11 Å². The number of hydrogen-bond donors (Lipinski definition) is 2. The number of nitrogens with zero attached hydrogens (tertiary/aromatic N) is 1. The first kappa shape index (κ1) is 8.96. The van der Waals surface area contributed by atoms with E-state index in [4.69, 9.17) is 16.2 Å². The van der Waals surface area contributed by atoms with E-state index in [-0.39, 0.29) is 6.04 Å². The third-order valence-electron chi connectivity index (χ3n) is 1.65. The van der Waals surface area contributed by atoms with Gasteiger partial charge in [0, 0.05) is 24.3 Å². The lowest BCUT2D eigenvalue weighted by molar-refractivity contribution is 0.389. The SMILES string of the molecule is COc1ncccc1C(N)CN. The van der Waals surface area contributed by atoms with E-state index in [1.807, 2.05) is 12.1 Å². The summed E-state index contributed by atoms with van der Waals surface area (Å²) in [6.07, 6.45) is 1.66. The molecule has 0 aromatic carbocycles. The molecule has 4 N–H and O–H groups in total. The lowest BCUT2D eigenvalue weighted by atomic mass is 10.1. The van der Waals surface area contributed by atoms with E-state index in [0.717, 1.165) is 5.56 Å². The molecule has 66 valence electrons. The van der Waals surface area contributed by atoms with Crippen molar-refractivity contribution in [3.63, 3.8) is 0 Å². The number of aromatic nitrogens is 1. The molecule has 4 nitrogen and oxygen atoms in total. The number of pyridine rings is 1. The van der Waals surface area contributed by atoms with E-state index in [9.17, 15) is 0 Å². The largest absolute Gasteiger partial charge is 0.481 e. The van der Waals surface area contributed by atoms with Gasteiger partial charge in [-0.1, -0.05) is 6.07 Å². The van der Waals surface area contributed by atoms with E-state index in [1.165, 1.54) is 0 Å². The average molecular weight is 167 g/mol. The Morgan fingerprint density at radius 3 is 3.00 bits per heavy atom. The van der Waals surface area contributed by atoms with Crippen molar-refractivity contribution in [1.29, 1.82) is 0 Å². The van der Waals surface area contributed by atoms with E-state index in [0.29, 0.717) is 12.4 Å². The molecule has 1 unspecified atom stereocenters. The first-order valence-corrected chi connectivity index (χ1v) is 3.74. The van der Waals surface area contributed by atoms with Crippen LogP contribution in [-0.4, -0.2) is 18.6 Å². The predicted octanol–water partition coefficient (Wildman–Crippen LogP) is 0.0487. The van der Waals surface area contributed by atoms with Gasteiger partial charge in [-0.3, -0.25) is 0 Å². The molecule has 1 atom stereocenters. The molecule has 0 saturated heterocycles. The summed E-state index contributed by atoms with van der Waals surface area (Å²) in [5, 5.41) is 0. The summed E-state index contributed by atoms with van der Waals surface area (Å²) in [6, 6.07) is 3.48. The van der Waals surface area contributed by atoms with E-state index in [2.05, 4.69) is 4.98 Å². The first-order valence-electron chi connectivity index (χ1n) is 3.74. The topological polar surface area (TPSA) is 74.2 Å². The van der Waals surface area contributed by atoms with Crippen LogP contribution in [0.3, 0.4) is 0 Å². The summed E-state index contributed by atoms with van der Waals surface area (Å²) in [4.78, 5) is 4.01. The van der Waals surface area contributed by atoms with Gasteiger partial charge in [-0.05, 0) is 6.07 Å². The monoisotopic (exact) mass is 167 g/mol. The smallest absolute Gasteiger partial charge is 0.217 e. The molecule has 1 heterocycles. The Labute approximate surface area is 71.5 Å². The van der Waals surface area contributed by atoms with Crippen molar-refractivity contribution >= 4 is 0 Å². The Morgan fingerprint density at radius 1 is 1.67 bits per heavy atom. The first-order chi connectivity index (χ1) is 5.79. The minimum atomic E-state index is -0.200. The fourth-order valence-corrected chi connectivity index (χ4v) is 0.983. The number of nitrogens with two attached hydrogens (primary N) is 2. The van der Waals surface area contributed by atoms with Gasteiger partial charge in [-0.25, -0.2) is 4.98 Å². The zero-order valence-corrected chi connectivity index (χ0v) is 7.03. The Balaban J connectivity index is 2.96. The highest BCUT2D eigenvalue weighted by Crippen LogP contribution is 2.18. The molecule has 0 spiro atoms. The Kier molecular flexibility index (Phi) is 3.01. The third-order valence-corrected chi connectivity index (χ3v) is 1.65. The maximum absolute atomic E-state index is 5.73. The van der Waals surface area contributed by atoms with Gasteiger partial charge in [-0.15, -0.1) is 0 Å². The van der Waals surface area contributed by atoms with Gasteiger partial charge >= 0.3 is 0 Å². The Hall–Kier alpha value is -1.13. The fraction of sp³-hybridized carbons (Fsp3) is 0.375. The van der Waals surface area contributed by atoms with Gasteiger partial charge in [-0.2, -0.15) is 0 Å². The highest BCUT2D eigenvalue weighted by molar-refractivity contribution is 5.28. The highest BCUT2D eigenvalue weighted by atomic mass is 16.5. The standard InChI is InChI=1S/C8H13N3O/c1-12-8-6(7(10)5-9)3-2-4-11-8/h2-4,7H,5,9-10H2,1H3. The molecule has 4 heteroatoms. The number of methoxy groups -OCH3 is 1. The van der Waals surface area contributed by atoms with Crippen LogP contribution in [0, 0.1) is 0 Å². The maximum atomic E-state index is 5.73. The normalized spacial score (nSPS) is 12.6. The van der Waals surface area contributed by atoms with Crippen LogP contribution < -0.4 is 16.2 Å². The number of ether oxygens (including phenoxy) is 1. The third kappa shape index (κ3) is 1.72. The van der Waals surface area contributed by atoms with Crippen molar-refractivity contribution < 1.29 is 4.74 Å². The Morgan fingerprint density at radius 2 is 2.42 bits per heavy atom. The van der Waals surface area contributed by atoms with Crippen LogP contribution in [0.15, 0.2) is 18.3 Å². The van der Waals surface area contributed by atoms with Gasteiger partial charge < -0.3 is 16.2 Å². The molecule has 0 amide bonds. The summed E-state index contributed by atoms with van der Waals surface area (Å²) in [6.45, 7) is 0.391. The quantitative estimate of drug-likeness (QED) is 0.667. The second-order valence-corrected chi connectivity index (χ2v) is 2.44. The second-order valence-electron chi connectivity index (χ2n) is 2.44. The van der Waals surface area contributed by atoms with Gasteiger partial charge in [0.2, 0.25) is 5.88 Å². The van der Waals surface area contributed by atoms with E-state index < -0.39 is 0 Å². The lowest BCUT2D eigenvalue weighted by Crippen LogP contribution is -2.21. The molecule has 0 aliphatic heterocycles. The number of rotatable bonds is 3. The molecule has 0 saturated carbocycles. The van der Waals surface area contributed by atoms with Gasteiger partial charge in [0.25, 0.3) is 0 Å². The fourth-order valence-electron chi connectivity index (χ4n) is 0.983. The molecular formula is C8H13N3O. The van der Waals surface area contributed by atoms with Crippen molar-refractivity contribution in [2.45, 2.75) is 6.04 Å². The van der Waals surface area contributed by atoms with Crippen molar-refractivity contribution in [1.82, 2.24) is 4.98 Å². The molecule has 1 aromatic rings. The molecular weight excluding hydrogens is 154 g/mol. The summed E-state index contributed by atoms with van der Waals surface area (Å²) in [5.74, 6) is 0.551. The molecule has 0 aliphatic carbocycles. The molecule has 1 rings (SSSR count). The van der Waals surface area contributed by atoms with Crippen LogP contribution in [0.1, 0.15) is 11.6 Å². The number of hydrogen-bond acceptors (Lipinski definition) is 4. The Bertz CT molecular complexity index is 252. The average Bonchev–Trinajstić information content (AvgIpc) is 2.16. The summed E-state index contributed by atoms with van der Waals surface area (Å²) in [7, 11) is 1.56. The predicted molar refractivity (Wildman–Crippen MR) is 46.8 cm³/mol. The van der Waals surface area contributed by atoms with Crippen LogP contribution in [-0.2, 0) is 0 Å². The van der Waals surface area contributed by atoms with Crippen LogP contribution in [0.2, 0.25) is 0 Å². The van der Waals surface area contributed by atoms with Crippen LogP contribution in [0.5, 0.6) is 5.88 Å². The summed E-state index contributed by atoms with van der Waals surface area (Å²) < 4.78 is 5.02. The van der Waals surface area contributed by atoms with Gasteiger partial charge in [0.1, 0.15) is 0 Å². The van der Waals surface area contributed by atoms with Crippen LogP contribution in [0.25, 0.3) is 0 Å². The zero-order valence-electron chi connectivity index (χ0n) is 7.03. The highest BCUT2D eigenvalue weighted by Gasteiger charge is 2.09. The van der Waals surface area contributed by atoms with Crippen molar-refractivity contribution in [3.05, 3.63) is 23.9 Å². The molecule has 0 fully saturated rings. The van der Waals surface area contributed by atoms with Gasteiger partial charge in [0.15, 0.2) is 0 Å². The molecule has 0 radical (unpaired) electrons. The van der Waals surface area contributed by atoms with Crippen molar-refractivity contribution in [2.24, 2.45) is 11.5 Å². The molecule has 0 bridgehead atoms. The van der Waals surface area contributed by atoms with Crippen LogP contribution >= 0.6 is 0 Å². The maximum Gasteiger partial charge on any atom is 0.217 e. The minimum Gasteiger partial charge on any atom is -0.481 e. The minimum absolute atomic E-state index is 0.200. The molecule has 0 aliphatic rings. The second kappa shape index (κ2) is 4.04. The summed E-state index contributed by atoms with van der Waals surface area (Å²) >= 11 is 0. The van der Waals surface area contributed by atoms with E-state index >= 15 is 0 Å². The van der Waals surface area contributed by atoms with E-state index in [1.54, 1.807) is 13.3 Å². The molecule has 1 aromatic heterocycles. The van der Waals surface area contributed by atoms with Crippen molar-refractivity contribution in [3.8, 4) is 5.88 Å². The lowest BCUT2D eigenvalue weighted by Gasteiger charge is -2.11. The van der Waals surface area contributed by atoms with Crippen LogP contribution in [0.4, 0.5) is 0 Å².